The predicted molar refractivity (Wildman–Crippen MR) is 90.1 cm³/mol. The molecule has 0 saturated carbocycles. The minimum Gasteiger partial charge on any atom is -0.431 e. The van der Waals surface area contributed by atoms with Crippen LogP contribution in [-0.4, -0.2) is 43.3 Å². The highest BCUT2D eigenvalue weighted by atomic mass is 32.2. The summed E-state index contributed by atoms with van der Waals surface area (Å²) < 4.78 is 20.1. The lowest BCUT2D eigenvalue weighted by Crippen LogP contribution is -2.28. The average Bonchev–Trinajstić information content (AvgIpc) is 2.54. The molecule has 8 heteroatoms. The van der Waals surface area contributed by atoms with Crippen molar-refractivity contribution < 1.29 is 9.13 Å². The molecule has 2 heterocycles. The van der Waals surface area contributed by atoms with Crippen LogP contribution < -0.4 is 14.6 Å². The van der Waals surface area contributed by atoms with Crippen molar-refractivity contribution in [3.63, 3.8) is 0 Å². The Bertz CT molecular complexity index is 780. The molecule has 0 bridgehead atoms. The fraction of sp³-hybridized carbons (Fsp3) is 0.267. The molecule has 0 N–H and O–H groups in total. The lowest BCUT2D eigenvalue weighted by Gasteiger charge is -2.25. The van der Waals surface area contributed by atoms with E-state index in [1.165, 1.54) is 17.8 Å². The number of hydrogen-bond acceptors (Lipinski definition) is 7. The van der Waals surface area contributed by atoms with Crippen LogP contribution in [0.4, 0.5) is 15.9 Å². The zero-order valence-corrected chi connectivity index (χ0v) is 14.1. The number of anilines is 2. The highest BCUT2D eigenvalue weighted by Crippen LogP contribution is 2.33. The van der Waals surface area contributed by atoms with Crippen LogP contribution in [0.15, 0.2) is 34.7 Å². The summed E-state index contributed by atoms with van der Waals surface area (Å²) in [6.07, 6.45) is 3.47. The van der Waals surface area contributed by atoms with E-state index in [0.717, 1.165) is 0 Å². The van der Waals surface area contributed by atoms with Crippen molar-refractivity contribution in [3.05, 3.63) is 35.8 Å². The van der Waals surface area contributed by atoms with Crippen molar-refractivity contribution in [1.29, 1.82) is 0 Å². The van der Waals surface area contributed by atoms with E-state index in [1.54, 1.807) is 24.3 Å². The maximum absolute atomic E-state index is 14.4. The van der Waals surface area contributed by atoms with Crippen LogP contribution in [0.5, 0.6) is 5.75 Å². The Labute approximate surface area is 138 Å². The van der Waals surface area contributed by atoms with Gasteiger partial charge in [-0.05, 0) is 18.4 Å². The van der Waals surface area contributed by atoms with Crippen molar-refractivity contribution in [2.75, 3.05) is 37.3 Å². The molecule has 0 amide bonds. The standard InChI is InChI=1S/C15H16FN5OS/c1-20(2)10-7-5-6-9(16)12(10)14-19-21(3)13-11(22-14)8-17-15(18-13)23-4/h5-8H,1-4H3. The van der Waals surface area contributed by atoms with E-state index >= 15 is 0 Å². The monoisotopic (exact) mass is 333 g/mol. The molecule has 2 aromatic rings. The number of halogens is 1. The Morgan fingerprint density at radius 2 is 2.09 bits per heavy atom. The van der Waals surface area contributed by atoms with Crippen molar-refractivity contribution in [2.45, 2.75) is 5.16 Å². The van der Waals surface area contributed by atoms with Crippen LogP contribution in [0.3, 0.4) is 0 Å². The number of aromatic nitrogens is 2. The summed E-state index contributed by atoms with van der Waals surface area (Å²) in [5, 5.41) is 6.53. The lowest BCUT2D eigenvalue weighted by atomic mass is 10.1. The second-order valence-electron chi connectivity index (χ2n) is 5.10. The second-order valence-corrected chi connectivity index (χ2v) is 5.88. The topological polar surface area (TPSA) is 53.9 Å². The van der Waals surface area contributed by atoms with Crippen molar-refractivity contribution in [3.8, 4) is 5.75 Å². The Hall–Kier alpha value is -2.35. The first-order valence-corrected chi connectivity index (χ1v) is 8.11. The van der Waals surface area contributed by atoms with Crippen molar-refractivity contribution >= 4 is 29.2 Å². The van der Waals surface area contributed by atoms with Gasteiger partial charge in [0.15, 0.2) is 16.7 Å². The third-order valence-corrected chi connectivity index (χ3v) is 3.90. The molecule has 0 unspecified atom stereocenters. The van der Waals surface area contributed by atoms with Gasteiger partial charge in [-0.15, -0.1) is 5.10 Å². The molecule has 23 heavy (non-hydrogen) atoms. The smallest absolute Gasteiger partial charge is 0.249 e. The Kier molecular flexibility index (Phi) is 4.08. The van der Waals surface area contributed by atoms with Crippen LogP contribution >= 0.6 is 11.8 Å². The molecular formula is C15H16FN5OS. The van der Waals surface area contributed by atoms with Crippen LogP contribution in [0.25, 0.3) is 0 Å². The van der Waals surface area contributed by atoms with Crippen molar-refractivity contribution in [1.82, 2.24) is 9.97 Å². The number of nitrogens with zero attached hydrogens (tertiary/aromatic N) is 5. The van der Waals surface area contributed by atoms with Crippen LogP contribution in [-0.2, 0) is 0 Å². The van der Waals surface area contributed by atoms with E-state index in [1.807, 2.05) is 31.3 Å². The van der Waals surface area contributed by atoms with Gasteiger partial charge in [-0.2, -0.15) is 4.98 Å². The minimum atomic E-state index is -0.395. The number of benzene rings is 1. The first-order valence-electron chi connectivity index (χ1n) is 6.88. The summed E-state index contributed by atoms with van der Waals surface area (Å²) in [6.45, 7) is 0. The summed E-state index contributed by atoms with van der Waals surface area (Å²) in [5.41, 5.74) is 0.992. The molecule has 0 fully saturated rings. The first kappa shape index (κ1) is 15.5. The van der Waals surface area contributed by atoms with E-state index in [4.69, 9.17) is 4.74 Å². The fourth-order valence-corrected chi connectivity index (χ4v) is 2.59. The molecule has 120 valence electrons. The van der Waals surface area contributed by atoms with E-state index in [2.05, 4.69) is 15.1 Å². The van der Waals surface area contributed by atoms with Crippen LogP contribution in [0.2, 0.25) is 0 Å². The summed E-state index contributed by atoms with van der Waals surface area (Å²) in [7, 11) is 5.43. The Morgan fingerprint density at radius 3 is 2.78 bits per heavy atom. The van der Waals surface area contributed by atoms with Crippen LogP contribution in [0, 0.1) is 5.82 Å². The maximum Gasteiger partial charge on any atom is 0.249 e. The van der Waals surface area contributed by atoms with E-state index in [0.29, 0.717) is 28.0 Å². The zero-order valence-electron chi connectivity index (χ0n) is 13.2. The summed E-state index contributed by atoms with van der Waals surface area (Å²) in [6, 6.07) is 4.85. The largest absolute Gasteiger partial charge is 0.431 e. The summed E-state index contributed by atoms with van der Waals surface area (Å²) in [4.78, 5) is 10.4. The molecule has 0 atom stereocenters. The molecule has 1 aromatic heterocycles. The molecule has 0 spiro atoms. The Balaban J connectivity index is 2.08. The zero-order chi connectivity index (χ0) is 16.6. The molecule has 1 aliphatic heterocycles. The predicted octanol–water partition coefficient (Wildman–Crippen LogP) is 2.59. The van der Waals surface area contributed by atoms with Gasteiger partial charge in [0.1, 0.15) is 5.82 Å². The number of fused-ring (bicyclic) bond motifs is 1. The van der Waals surface area contributed by atoms with Gasteiger partial charge < -0.3 is 9.64 Å². The molecule has 1 aliphatic rings. The van der Waals surface area contributed by atoms with Gasteiger partial charge in [-0.25, -0.2) is 14.4 Å². The molecule has 1 aromatic carbocycles. The van der Waals surface area contributed by atoms with Gasteiger partial charge in [0.05, 0.1) is 17.4 Å². The van der Waals surface area contributed by atoms with Crippen molar-refractivity contribution in [2.24, 2.45) is 5.10 Å². The lowest BCUT2D eigenvalue weighted by molar-refractivity contribution is 0.514. The van der Waals surface area contributed by atoms with Gasteiger partial charge in [-0.3, -0.25) is 0 Å². The highest BCUT2D eigenvalue weighted by Gasteiger charge is 2.26. The summed E-state index contributed by atoms with van der Waals surface area (Å²) in [5.74, 6) is 0.787. The number of hydrazone groups is 1. The third-order valence-electron chi connectivity index (χ3n) is 3.34. The minimum absolute atomic E-state index is 0.183. The van der Waals surface area contributed by atoms with Gasteiger partial charge in [0.25, 0.3) is 0 Å². The molecule has 6 nitrogen and oxygen atoms in total. The van der Waals surface area contributed by atoms with Gasteiger partial charge in [0.2, 0.25) is 5.90 Å². The van der Waals surface area contributed by atoms with Crippen LogP contribution in [0.1, 0.15) is 5.56 Å². The van der Waals surface area contributed by atoms with E-state index < -0.39 is 5.82 Å². The van der Waals surface area contributed by atoms with Gasteiger partial charge in [-0.1, -0.05) is 17.8 Å². The number of rotatable bonds is 3. The molecular weight excluding hydrogens is 317 g/mol. The molecule has 0 radical (unpaired) electrons. The first-order chi connectivity index (χ1) is 11.0. The van der Waals surface area contributed by atoms with E-state index in [9.17, 15) is 4.39 Å². The highest BCUT2D eigenvalue weighted by molar-refractivity contribution is 7.98. The quantitative estimate of drug-likeness (QED) is 0.636. The van der Waals surface area contributed by atoms with Gasteiger partial charge >= 0.3 is 0 Å². The van der Waals surface area contributed by atoms with E-state index in [-0.39, 0.29) is 5.90 Å². The fourth-order valence-electron chi connectivity index (χ4n) is 2.25. The number of hydrogen-bond donors (Lipinski definition) is 0. The maximum atomic E-state index is 14.4. The SMILES string of the molecule is CSc1ncc2c(n1)N(C)N=C(c1c(F)cccc1N(C)C)O2. The van der Waals surface area contributed by atoms with Gasteiger partial charge in [0, 0.05) is 21.1 Å². The normalized spacial score (nSPS) is 13.3. The molecule has 3 rings (SSSR count). The number of thioether (sulfide) groups is 1. The molecule has 0 saturated heterocycles. The molecule has 0 aliphatic carbocycles. The number of ether oxygens (including phenoxy) is 1. The third kappa shape index (κ3) is 2.81. The second kappa shape index (κ2) is 6.04. The average molecular weight is 333 g/mol. The summed E-state index contributed by atoms with van der Waals surface area (Å²) >= 11 is 1.43. The Morgan fingerprint density at radius 1 is 1.30 bits per heavy atom.